The first kappa shape index (κ1) is 24.0. The number of nitrogens with one attached hydrogen (secondary N) is 2. The molecule has 6 heteroatoms. The highest BCUT2D eigenvalue weighted by Gasteiger charge is 2.12. The number of ketones is 2. The van der Waals surface area contributed by atoms with Gasteiger partial charge < -0.3 is 9.97 Å². The average Bonchev–Trinajstić information content (AvgIpc) is 3.34. The number of aromatic nitrogens is 2. The maximum atomic E-state index is 12.1. The number of hydrogen-bond acceptors (Lipinski definition) is 2. The summed E-state index contributed by atoms with van der Waals surface area (Å²) in [5.74, 6) is 0.0509. The highest BCUT2D eigenvalue weighted by atomic mass is 79.9. The van der Waals surface area contributed by atoms with Crippen LogP contribution < -0.4 is 0 Å². The fourth-order valence-electron chi connectivity index (χ4n) is 3.52. The Morgan fingerprint density at radius 3 is 1.12 bits per heavy atom. The van der Waals surface area contributed by atoms with E-state index in [2.05, 4.69) is 54.0 Å². The van der Waals surface area contributed by atoms with Crippen molar-refractivity contribution in [2.24, 2.45) is 0 Å². The second-order valence-corrected chi connectivity index (χ2v) is 9.71. The molecule has 0 unspecified atom stereocenters. The number of carbonyl (C=O) groups excluding carboxylic acids is 2. The van der Waals surface area contributed by atoms with Crippen LogP contribution in [0.1, 0.15) is 54.4 Å². The molecule has 4 nitrogen and oxygen atoms in total. The third-order valence-corrected chi connectivity index (χ3v) is 5.67. The Kier molecular flexibility index (Phi) is 7.69. The van der Waals surface area contributed by atoms with Crippen LogP contribution in [0, 0.1) is 27.7 Å². The van der Waals surface area contributed by atoms with Crippen molar-refractivity contribution < 1.29 is 9.59 Å². The molecule has 0 bridgehead atoms. The zero-order valence-electron chi connectivity index (χ0n) is 18.3. The molecule has 4 aromatic rings. The zero-order valence-corrected chi connectivity index (χ0v) is 21.5. The summed E-state index contributed by atoms with van der Waals surface area (Å²) >= 11 is 6.64. The lowest BCUT2D eigenvalue weighted by atomic mass is 10.0. The molecule has 2 aromatic heterocycles. The van der Waals surface area contributed by atoms with E-state index in [9.17, 15) is 9.59 Å². The van der Waals surface area contributed by atoms with Crippen LogP contribution in [-0.4, -0.2) is 21.5 Å². The number of aromatic amines is 2. The Hall–Kier alpha value is -2.70. The SMILES string of the molecule is Cc1cc(C)cc(C(=O)c2cc(Br)c[nH]2)c1.Cc1cc(C)cc(C(=O)c2cc(Br)c[nH]2)c1. The Bertz CT molecular complexity index is 1140. The summed E-state index contributed by atoms with van der Waals surface area (Å²) in [6, 6.07) is 15.3. The van der Waals surface area contributed by atoms with Gasteiger partial charge in [-0.05, 0) is 96.0 Å². The van der Waals surface area contributed by atoms with E-state index in [0.29, 0.717) is 11.4 Å². The van der Waals surface area contributed by atoms with Crippen LogP contribution in [0.15, 0.2) is 69.9 Å². The number of carbonyl (C=O) groups is 2. The van der Waals surface area contributed by atoms with Crippen molar-refractivity contribution >= 4 is 43.4 Å². The highest BCUT2D eigenvalue weighted by Crippen LogP contribution is 2.18. The Morgan fingerprint density at radius 1 is 0.562 bits per heavy atom. The third-order valence-electron chi connectivity index (χ3n) is 4.75. The minimum atomic E-state index is 0.0255. The van der Waals surface area contributed by atoms with Gasteiger partial charge in [-0.15, -0.1) is 0 Å². The van der Waals surface area contributed by atoms with E-state index in [0.717, 1.165) is 42.3 Å². The zero-order chi connectivity index (χ0) is 23.4. The van der Waals surface area contributed by atoms with Crippen LogP contribution in [-0.2, 0) is 0 Å². The highest BCUT2D eigenvalue weighted by molar-refractivity contribution is 9.10. The summed E-state index contributed by atoms with van der Waals surface area (Å²) in [5, 5.41) is 0. The van der Waals surface area contributed by atoms with Crippen molar-refractivity contribution in [1.82, 2.24) is 9.97 Å². The van der Waals surface area contributed by atoms with Gasteiger partial charge in [0, 0.05) is 32.5 Å². The predicted molar refractivity (Wildman–Crippen MR) is 136 cm³/mol. The minimum Gasteiger partial charge on any atom is -0.357 e. The maximum Gasteiger partial charge on any atom is 0.209 e. The first-order valence-electron chi connectivity index (χ1n) is 10.1. The lowest BCUT2D eigenvalue weighted by Crippen LogP contribution is -2.02. The summed E-state index contributed by atoms with van der Waals surface area (Å²) in [6.07, 6.45) is 3.52. The summed E-state index contributed by atoms with van der Waals surface area (Å²) < 4.78 is 1.78. The summed E-state index contributed by atoms with van der Waals surface area (Å²) in [6.45, 7) is 7.98. The number of hydrogen-bond donors (Lipinski definition) is 2. The van der Waals surface area contributed by atoms with E-state index in [1.54, 1.807) is 24.5 Å². The summed E-state index contributed by atoms with van der Waals surface area (Å²) in [7, 11) is 0. The smallest absolute Gasteiger partial charge is 0.209 e. The van der Waals surface area contributed by atoms with Gasteiger partial charge in [0.2, 0.25) is 11.6 Å². The molecule has 0 amide bonds. The van der Waals surface area contributed by atoms with Gasteiger partial charge in [-0.1, -0.05) is 34.4 Å². The fraction of sp³-hybridized carbons (Fsp3) is 0.154. The van der Waals surface area contributed by atoms with E-state index in [4.69, 9.17) is 0 Å². The van der Waals surface area contributed by atoms with E-state index in [-0.39, 0.29) is 11.6 Å². The standard InChI is InChI=1S/2C13H12BrNO/c2*1-8-3-9(2)5-10(4-8)13(16)12-6-11(14)7-15-12/h2*3-7,15H,1-2H3. The molecule has 0 aliphatic heterocycles. The molecule has 0 saturated carbocycles. The number of H-pyrrole nitrogens is 2. The normalized spacial score (nSPS) is 10.4. The van der Waals surface area contributed by atoms with Gasteiger partial charge in [0.05, 0.1) is 11.4 Å². The van der Waals surface area contributed by atoms with Crippen molar-refractivity contribution in [2.45, 2.75) is 27.7 Å². The minimum absolute atomic E-state index is 0.0255. The molecular formula is C26H24Br2N2O2. The van der Waals surface area contributed by atoms with Gasteiger partial charge in [0.15, 0.2) is 0 Å². The largest absolute Gasteiger partial charge is 0.357 e. The molecule has 0 aliphatic carbocycles. The first-order valence-corrected chi connectivity index (χ1v) is 11.6. The molecule has 2 heterocycles. The van der Waals surface area contributed by atoms with Crippen LogP contribution in [0.3, 0.4) is 0 Å². The summed E-state index contributed by atoms with van der Waals surface area (Å²) in [5.41, 5.74) is 7.10. The average molecular weight is 556 g/mol. The second-order valence-electron chi connectivity index (χ2n) is 7.87. The van der Waals surface area contributed by atoms with E-state index in [1.807, 2.05) is 52.0 Å². The maximum absolute atomic E-state index is 12.1. The molecule has 0 aliphatic rings. The van der Waals surface area contributed by atoms with Crippen molar-refractivity contribution in [2.75, 3.05) is 0 Å². The second kappa shape index (κ2) is 10.3. The van der Waals surface area contributed by atoms with Gasteiger partial charge in [0.1, 0.15) is 0 Å². The van der Waals surface area contributed by atoms with Crippen LogP contribution in [0.2, 0.25) is 0 Å². The molecule has 2 N–H and O–H groups in total. The van der Waals surface area contributed by atoms with E-state index < -0.39 is 0 Å². The molecule has 2 aromatic carbocycles. The lowest BCUT2D eigenvalue weighted by Gasteiger charge is -2.02. The molecule has 0 atom stereocenters. The Balaban J connectivity index is 0.000000181. The number of rotatable bonds is 4. The van der Waals surface area contributed by atoms with Crippen molar-refractivity contribution in [3.05, 3.63) is 115 Å². The first-order chi connectivity index (χ1) is 15.1. The van der Waals surface area contributed by atoms with Crippen LogP contribution in [0.4, 0.5) is 0 Å². The van der Waals surface area contributed by atoms with Gasteiger partial charge in [-0.25, -0.2) is 0 Å². The van der Waals surface area contributed by atoms with Crippen LogP contribution in [0.5, 0.6) is 0 Å². The molecule has 164 valence electrons. The number of halogens is 2. The van der Waals surface area contributed by atoms with Crippen molar-refractivity contribution in [3.8, 4) is 0 Å². The molecule has 0 saturated heterocycles. The Labute approximate surface area is 204 Å². The Morgan fingerprint density at radius 2 is 0.875 bits per heavy atom. The quantitative estimate of drug-likeness (QED) is 0.260. The van der Waals surface area contributed by atoms with Gasteiger partial charge in [0.25, 0.3) is 0 Å². The van der Waals surface area contributed by atoms with Crippen LogP contribution in [0.25, 0.3) is 0 Å². The predicted octanol–water partition coefficient (Wildman–Crippen LogP) is 7.25. The molecular weight excluding hydrogens is 532 g/mol. The van der Waals surface area contributed by atoms with Gasteiger partial charge in [-0.3, -0.25) is 9.59 Å². The molecule has 0 fully saturated rings. The van der Waals surface area contributed by atoms with Crippen molar-refractivity contribution in [3.63, 3.8) is 0 Å². The molecule has 0 spiro atoms. The molecule has 0 radical (unpaired) electrons. The fourth-order valence-corrected chi connectivity index (χ4v) is 4.21. The summed E-state index contributed by atoms with van der Waals surface area (Å²) in [4.78, 5) is 30.1. The van der Waals surface area contributed by atoms with E-state index in [1.165, 1.54) is 0 Å². The number of benzene rings is 2. The number of aryl methyl sites for hydroxylation is 4. The van der Waals surface area contributed by atoms with Crippen LogP contribution >= 0.6 is 31.9 Å². The molecule has 32 heavy (non-hydrogen) atoms. The monoisotopic (exact) mass is 554 g/mol. The van der Waals surface area contributed by atoms with E-state index >= 15 is 0 Å². The lowest BCUT2D eigenvalue weighted by molar-refractivity contribution is 0.102. The third kappa shape index (κ3) is 6.17. The van der Waals surface area contributed by atoms with Gasteiger partial charge in [-0.2, -0.15) is 0 Å². The topological polar surface area (TPSA) is 65.7 Å². The molecule has 4 rings (SSSR count). The van der Waals surface area contributed by atoms with Gasteiger partial charge >= 0.3 is 0 Å². The van der Waals surface area contributed by atoms with Crippen molar-refractivity contribution in [1.29, 1.82) is 0 Å².